The summed E-state index contributed by atoms with van der Waals surface area (Å²) in [6, 6.07) is 3.90. The van der Waals surface area contributed by atoms with Crippen LogP contribution >= 0.6 is 0 Å². The third-order valence-electron chi connectivity index (χ3n) is 3.19. The first-order valence-corrected chi connectivity index (χ1v) is 6.01. The molecule has 3 N–H and O–H groups in total. The maximum Gasteiger partial charge on any atom is 0.335 e. The SMILES string of the molecule is NC1CCC(Oc2ccc(C(=O)O)cc2F)CC1. The standard InChI is InChI=1S/C13H16FNO3/c14-11-7-8(13(16)17)1-6-12(11)18-10-4-2-9(15)3-5-10/h1,6-7,9-10H,2-5,15H2,(H,16,17). The Morgan fingerprint density at radius 2 is 2.00 bits per heavy atom. The Kier molecular flexibility index (Phi) is 3.81. The van der Waals surface area contributed by atoms with Gasteiger partial charge in [-0.2, -0.15) is 0 Å². The molecule has 5 heteroatoms. The van der Waals surface area contributed by atoms with Crippen molar-refractivity contribution in [1.82, 2.24) is 0 Å². The Bertz CT molecular complexity index is 442. The van der Waals surface area contributed by atoms with E-state index in [9.17, 15) is 9.18 Å². The van der Waals surface area contributed by atoms with E-state index in [2.05, 4.69) is 0 Å². The van der Waals surface area contributed by atoms with Gasteiger partial charge in [0.1, 0.15) is 0 Å². The molecule has 0 spiro atoms. The van der Waals surface area contributed by atoms with Crippen LogP contribution in [0.3, 0.4) is 0 Å². The highest BCUT2D eigenvalue weighted by molar-refractivity contribution is 5.87. The van der Waals surface area contributed by atoms with Gasteiger partial charge >= 0.3 is 5.97 Å². The minimum atomic E-state index is -1.15. The van der Waals surface area contributed by atoms with Gasteiger partial charge in [0, 0.05) is 6.04 Å². The van der Waals surface area contributed by atoms with E-state index < -0.39 is 11.8 Å². The van der Waals surface area contributed by atoms with Crippen molar-refractivity contribution in [1.29, 1.82) is 0 Å². The molecule has 1 aromatic rings. The van der Waals surface area contributed by atoms with Gasteiger partial charge in [0.25, 0.3) is 0 Å². The highest BCUT2D eigenvalue weighted by Crippen LogP contribution is 2.25. The first kappa shape index (κ1) is 12.8. The van der Waals surface area contributed by atoms with Crippen LogP contribution in [0.2, 0.25) is 0 Å². The van der Waals surface area contributed by atoms with Crippen LogP contribution in [0.4, 0.5) is 4.39 Å². The molecular formula is C13H16FNO3. The van der Waals surface area contributed by atoms with Gasteiger partial charge in [0.15, 0.2) is 11.6 Å². The molecule has 4 nitrogen and oxygen atoms in total. The fourth-order valence-corrected chi connectivity index (χ4v) is 2.12. The highest BCUT2D eigenvalue weighted by atomic mass is 19.1. The Balaban J connectivity index is 2.03. The topological polar surface area (TPSA) is 72.5 Å². The van der Waals surface area contributed by atoms with Crippen molar-refractivity contribution in [2.24, 2.45) is 5.73 Å². The third kappa shape index (κ3) is 2.98. The number of hydrogen-bond acceptors (Lipinski definition) is 3. The summed E-state index contributed by atoms with van der Waals surface area (Å²) >= 11 is 0. The molecular weight excluding hydrogens is 237 g/mol. The number of carboxylic acids is 1. The monoisotopic (exact) mass is 253 g/mol. The number of carboxylic acid groups (broad SMARTS) is 1. The lowest BCUT2D eigenvalue weighted by Gasteiger charge is -2.26. The number of halogens is 1. The average molecular weight is 253 g/mol. The Morgan fingerprint density at radius 1 is 1.33 bits per heavy atom. The van der Waals surface area contributed by atoms with Crippen LogP contribution in [0.25, 0.3) is 0 Å². The van der Waals surface area contributed by atoms with Crippen molar-refractivity contribution in [2.75, 3.05) is 0 Å². The minimum absolute atomic E-state index is 0.0324. The predicted octanol–water partition coefficient (Wildman–Crippen LogP) is 2.17. The molecule has 1 aromatic carbocycles. The maximum atomic E-state index is 13.6. The zero-order chi connectivity index (χ0) is 13.1. The lowest BCUT2D eigenvalue weighted by Crippen LogP contribution is -2.31. The lowest BCUT2D eigenvalue weighted by atomic mass is 9.94. The van der Waals surface area contributed by atoms with Gasteiger partial charge in [-0.25, -0.2) is 9.18 Å². The summed E-state index contributed by atoms with van der Waals surface area (Å²) in [6.45, 7) is 0. The zero-order valence-electron chi connectivity index (χ0n) is 9.93. The number of carbonyl (C=O) groups is 1. The van der Waals surface area contributed by atoms with Crippen molar-refractivity contribution in [2.45, 2.75) is 37.8 Å². The third-order valence-corrected chi connectivity index (χ3v) is 3.19. The van der Waals surface area contributed by atoms with Crippen LogP contribution in [-0.4, -0.2) is 23.2 Å². The molecule has 0 bridgehead atoms. The fraction of sp³-hybridized carbons (Fsp3) is 0.462. The molecule has 1 fully saturated rings. The van der Waals surface area contributed by atoms with Gasteiger partial charge in [0.2, 0.25) is 0 Å². The number of ether oxygens (including phenoxy) is 1. The summed E-state index contributed by atoms with van der Waals surface area (Å²) in [5.74, 6) is -1.67. The van der Waals surface area contributed by atoms with E-state index >= 15 is 0 Å². The molecule has 1 saturated carbocycles. The molecule has 0 heterocycles. The van der Waals surface area contributed by atoms with Crippen LogP contribution in [0.5, 0.6) is 5.75 Å². The van der Waals surface area contributed by atoms with Gasteiger partial charge in [-0.15, -0.1) is 0 Å². The number of hydrogen-bond donors (Lipinski definition) is 2. The molecule has 2 rings (SSSR count). The smallest absolute Gasteiger partial charge is 0.335 e. The summed E-state index contributed by atoms with van der Waals surface area (Å²) in [6.07, 6.45) is 3.33. The summed E-state index contributed by atoms with van der Waals surface area (Å²) in [7, 11) is 0. The van der Waals surface area contributed by atoms with Gasteiger partial charge in [-0.3, -0.25) is 0 Å². The maximum absolute atomic E-state index is 13.6. The van der Waals surface area contributed by atoms with Gasteiger partial charge in [-0.1, -0.05) is 0 Å². The molecule has 1 aliphatic carbocycles. The first-order chi connectivity index (χ1) is 8.56. The molecule has 1 aliphatic rings. The minimum Gasteiger partial charge on any atom is -0.487 e. The van der Waals surface area contributed by atoms with Crippen molar-refractivity contribution in [3.05, 3.63) is 29.6 Å². The second-order valence-electron chi connectivity index (χ2n) is 4.60. The molecule has 0 atom stereocenters. The second-order valence-corrected chi connectivity index (χ2v) is 4.60. The predicted molar refractivity (Wildman–Crippen MR) is 64.2 cm³/mol. The quantitative estimate of drug-likeness (QED) is 0.866. The van der Waals surface area contributed by atoms with Crippen LogP contribution in [0, 0.1) is 5.82 Å². The molecule has 0 radical (unpaired) electrons. The molecule has 18 heavy (non-hydrogen) atoms. The molecule has 0 aliphatic heterocycles. The first-order valence-electron chi connectivity index (χ1n) is 6.01. The summed E-state index contributed by atoms with van der Waals surface area (Å²) < 4.78 is 19.2. The van der Waals surface area contributed by atoms with Crippen LogP contribution in [-0.2, 0) is 0 Å². The van der Waals surface area contributed by atoms with Crippen LogP contribution in [0.1, 0.15) is 36.0 Å². The summed E-state index contributed by atoms with van der Waals surface area (Å²) in [5, 5.41) is 8.73. The van der Waals surface area contributed by atoms with E-state index in [1.54, 1.807) is 0 Å². The lowest BCUT2D eigenvalue weighted by molar-refractivity contribution is 0.0696. The zero-order valence-corrected chi connectivity index (χ0v) is 9.93. The molecule has 0 aromatic heterocycles. The fourth-order valence-electron chi connectivity index (χ4n) is 2.12. The normalized spacial score (nSPS) is 23.7. The van der Waals surface area contributed by atoms with E-state index in [0.29, 0.717) is 0 Å². The largest absolute Gasteiger partial charge is 0.487 e. The van der Waals surface area contributed by atoms with Crippen molar-refractivity contribution in [3.63, 3.8) is 0 Å². The number of nitrogens with two attached hydrogens (primary N) is 1. The van der Waals surface area contributed by atoms with E-state index in [1.807, 2.05) is 0 Å². The van der Waals surface area contributed by atoms with E-state index in [4.69, 9.17) is 15.6 Å². The highest BCUT2D eigenvalue weighted by Gasteiger charge is 2.21. The van der Waals surface area contributed by atoms with Gasteiger partial charge in [0.05, 0.1) is 11.7 Å². The van der Waals surface area contributed by atoms with E-state index in [1.165, 1.54) is 12.1 Å². The van der Waals surface area contributed by atoms with Crippen molar-refractivity contribution >= 4 is 5.97 Å². The number of benzene rings is 1. The molecule has 0 amide bonds. The van der Waals surface area contributed by atoms with Crippen LogP contribution < -0.4 is 10.5 Å². The van der Waals surface area contributed by atoms with Crippen molar-refractivity contribution in [3.8, 4) is 5.75 Å². The second kappa shape index (κ2) is 5.35. The Morgan fingerprint density at radius 3 is 2.56 bits per heavy atom. The molecule has 0 saturated heterocycles. The van der Waals surface area contributed by atoms with Gasteiger partial charge in [-0.05, 0) is 43.9 Å². The number of aromatic carboxylic acids is 1. The van der Waals surface area contributed by atoms with Crippen molar-refractivity contribution < 1.29 is 19.0 Å². The molecule has 0 unspecified atom stereocenters. The number of rotatable bonds is 3. The van der Waals surface area contributed by atoms with E-state index in [-0.39, 0.29) is 23.5 Å². The summed E-state index contributed by atoms with van der Waals surface area (Å²) in [4.78, 5) is 10.7. The van der Waals surface area contributed by atoms with E-state index in [0.717, 1.165) is 31.7 Å². The summed E-state index contributed by atoms with van der Waals surface area (Å²) in [5.41, 5.74) is 5.70. The van der Waals surface area contributed by atoms with Crippen LogP contribution in [0.15, 0.2) is 18.2 Å². The molecule has 98 valence electrons. The Hall–Kier alpha value is -1.62. The average Bonchev–Trinajstić information content (AvgIpc) is 2.34. The van der Waals surface area contributed by atoms with Gasteiger partial charge < -0.3 is 15.6 Å². The Labute approximate surface area is 105 Å².